The van der Waals surface area contributed by atoms with E-state index in [1.807, 2.05) is 37.3 Å². The Morgan fingerprint density at radius 3 is 2.62 bits per heavy atom. The Morgan fingerprint density at radius 2 is 1.85 bits per heavy atom. The van der Waals surface area contributed by atoms with Crippen LogP contribution < -0.4 is 10.7 Å². The molecule has 3 rings (SSSR count). The lowest BCUT2D eigenvalue weighted by atomic mass is 10.2. The standard InChI is InChI=1S/C19H19N5O2/c1-13-9-18(24-21-12-15-7-8-16(25)10-17(15)26)23-19(22-13)20-11-14-5-3-2-4-6-14/h2-10,12,25-26H,11H2,1H3,(H2,20,22,23,24). The number of hydrogen-bond donors (Lipinski definition) is 4. The molecular weight excluding hydrogens is 330 g/mol. The summed E-state index contributed by atoms with van der Waals surface area (Å²) in [5.74, 6) is 0.967. The highest BCUT2D eigenvalue weighted by Crippen LogP contribution is 2.21. The molecule has 0 aliphatic carbocycles. The number of anilines is 2. The number of phenols is 2. The Labute approximate surface area is 151 Å². The minimum absolute atomic E-state index is 0.00633. The third-order valence-corrected chi connectivity index (χ3v) is 3.54. The van der Waals surface area contributed by atoms with E-state index in [4.69, 9.17) is 0 Å². The van der Waals surface area contributed by atoms with Crippen molar-refractivity contribution in [2.45, 2.75) is 13.5 Å². The summed E-state index contributed by atoms with van der Waals surface area (Å²) >= 11 is 0. The molecule has 0 atom stereocenters. The number of benzene rings is 2. The Kier molecular flexibility index (Phi) is 5.28. The molecular formula is C19H19N5O2. The highest BCUT2D eigenvalue weighted by Gasteiger charge is 2.03. The first-order chi connectivity index (χ1) is 12.6. The number of nitrogens with one attached hydrogen (secondary N) is 2. The number of aromatic hydroxyl groups is 2. The van der Waals surface area contributed by atoms with E-state index < -0.39 is 0 Å². The van der Waals surface area contributed by atoms with Crippen LogP contribution in [0.5, 0.6) is 11.5 Å². The lowest BCUT2D eigenvalue weighted by Gasteiger charge is -2.08. The average molecular weight is 349 g/mol. The molecule has 7 nitrogen and oxygen atoms in total. The van der Waals surface area contributed by atoms with Gasteiger partial charge in [-0.25, -0.2) is 4.98 Å². The molecule has 0 unspecified atom stereocenters. The Morgan fingerprint density at radius 1 is 1.04 bits per heavy atom. The predicted molar refractivity (Wildman–Crippen MR) is 102 cm³/mol. The number of hydrogen-bond acceptors (Lipinski definition) is 7. The molecule has 0 aliphatic heterocycles. The topological polar surface area (TPSA) is 103 Å². The van der Waals surface area contributed by atoms with Crippen LogP contribution in [0.2, 0.25) is 0 Å². The van der Waals surface area contributed by atoms with E-state index >= 15 is 0 Å². The maximum absolute atomic E-state index is 9.74. The minimum Gasteiger partial charge on any atom is -0.508 e. The molecule has 26 heavy (non-hydrogen) atoms. The van der Waals surface area contributed by atoms with Gasteiger partial charge in [0.1, 0.15) is 11.5 Å². The number of aryl methyl sites for hydroxylation is 1. The summed E-state index contributed by atoms with van der Waals surface area (Å²) in [5, 5.41) is 26.3. The normalized spacial score (nSPS) is 10.8. The van der Waals surface area contributed by atoms with Crippen LogP contribution in [0.4, 0.5) is 11.8 Å². The molecule has 1 aromatic heterocycles. The minimum atomic E-state index is -0.0559. The third kappa shape index (κ3) is 4.70. The molecule has 0 aliphatic rings. The quantitative estimate of drug-likeness (QED) is 0.402. The second kappa shape index (κ2) is 7.98. The van der Waals surface area contributed by atoms with Gasteiger partial charge in [0.15, 0.2) is 5.82 Å². The van der Waals surface area contributed by atoms with Crippen LogP contribution in [0.3, 0.4) is 0 Å². The maximum atomic E-state index is 9.74. The zero-order valence-electron chi connectivity index (χ0n) is 14.2. The lowest BCUT2D eigenvalue weighted by molar-refractivity contribution is 0.450. The van der Waals surface area contributed by atoms with E-state index in [9.17, 15) is 10.2 Å². The first kappa shape index (κ1) is 17.2. The second-order valence-electron chi connectivity index (χ2n) is 5.67. The third-order valence-electron chi connectivity index (χ3n) is 3.54. The summed E-state index contributed by atoms with van der Waals surface area (Å²) < 4.78 is 0. The summed E-state index contributed by atoms with van der Waals surface area (Å²) in [6.07, 6.45) is 1.45. The first-order valence-electron chi connectivity index (χ1n) is 8.05. The van der Waals surface area contributed by atoms with E-state index in [2.05, 4.69) is 25.8 Å². The molecule has 0 radical (unpaired) electrons. The summed E-state index contributed by atoms with van der Waals surface area (Å²) in [5.41, 5.74) is 5.22. The molecule has 0 saturated carbocycles. The summed E-state index contributed by atoms with van der Waals surface area (Å²) in [6, 6.07) is 16.0. The fourth-order valence-electron chi connectivity index (χ4n) is 2.29. The van der Waals surface area contributed by atoms with Gasteiger partial charge in [0.05, 0.1) is 6.21 Å². The van der Waals surface area contributed by atoms with Gasteiger partial charge < -0.3 is 15.5 Å². The van der Waals surface area contributed by atoms with Crippen LogP contribution in [0.25, 0.3) is 0 Å². The molecule has 0 fully saturated rings. The van der Waals surface area contributed by atoms with Crippen LogP contribution in [0, 0.1) is 6.92 Å². The van der Waals surface area contributed by atoms with Gasteiger partial charge in [0, 0.05) is 29.9 Å². The van der Waals surface area contributed by atoms with Gasteiger partial charge in [-0.05, 0) is 24.6 Å². The molecule has 0 spiro atoms. The number of aromatic nitrogens is 2. The van der Waals surface area contributed by atoms with Crippen molar-refractivity contribution in [2.75, 3.05) is 10.7 Å². The van der Waals surface area contributed by atoms with Crippen molar-refractivity contribution in [3.8, 4) is 11.5 Å². The lowest BCUT2D eigenvalue weighted by Crippen LogP contribution is -2.06. The van der Waals surface area contributed by atoms with E-state index in [-0.39, 0.29) is 11.5 Å². The van der Waals surface area contributed by atoms with Crippen molar-refractivity contribution in [1.29, 1.82) is 0 Å². The molecule has 132 valence electrons. The fraction of sp³-hybridized carbons (Fsp3) is 0.105. The van der Waals surface area contributed by atoms with Gasteiger partial charge in [0.2, 0.25) is 5.95 Å². The SMILES string of the molecule is Cc1cc(NN=Cc2ccc(O)cc2O)nc(NCc2ccccc2)n1. The van der Waals surface area contributed by atoms with Crippen molar-refractivity contribution in [1.82, 2.24) is 9.97 Å². The smallest absolute Gasteiger partial charge is 0.225 e. The molecule has 0 saturated heterocycles. The zero-order valence-corrected chi connectivity index (χ0v) is 14.2. The van der Waals surface area contributed by atoms with Crippen LogP contribution >= 0.6 is 0 Å². The van der Waals surface area contributed by atoms with E-state index in [1.165, 1.54) is 18.3 Å². The van der Waals surface area contributed by atoms with Gasteiger partial charge >= 0.3 is 0 Å². The van der Waals surface area contributed by atoms with Crippen molar-refractivity contribution in [3.05, 3.63) is 71.4 Å². The largest absolute Gasteiger partial charge is 0.508 e. The molecule has 4 N–H and O–H groups in total. The van der Waals surface area contributed by atoms with Crippen molar-refractivity contribution < 1.29 is 10.2 Å². The molecule has 3 aromatic rings. The molecule has 1 heterocycles. The van der Waals surface area contributed by atoms with Gasteiger partial charge in [-0.15, -0.1) is 0 Å². The zero-order chi connectivity index (χ0) is 18.4. The van der Waals surface area contributed by atoms with E-state index in [1.54, 1.807) is 12.1 Å². The first-order valence-corrected chi connectivity index (χ1v) is 8.05. The van der Waals surface area contributed by atoms with Crippen molar-refractivity contribution >= 4 is 18.0 Å². The molecule has 7 heteroatoms. The van der Waals surface area contributed by atoms with E-state index in [0.717, 1.165) is 11.3 Å². The Balaban J connectivity index is 1.66. The summed E-state index contributed by atoms with van der Waals surface area (Å²) in [4.78, 5) is 8.72. The molecule has 0 bridgehead atoms. The fourth-order valence-corrected chi connectivity index (χ4v) is 2.29. The number of hydrazone groups is 1. The van der Waals surface area contributed by atoms with Crippen LogP contribution in [-0.4, -0.2) is 26.4 Å². The average Bonchev–Trinajstić information content (AvgIpc) is 2.62. The van der Waals surface area contributed by atoms with Gasteiger partial charge in [-0.1, -0.05) is 30.3 Å². The molecule has 0 amide bonds. The number of rotatable bonds is 6. The van der Waals surface area contributed by atoms with Crippen molar-refractivity contribution in [2.24, 2.45) is 5.10 Å². The maximum Gasteiger partial charge on any atom is 0.225 e. The van der Waals surface area contributed by atoms with Crippen LogP contribution in [-0.2, 0) is 6.54 Å². The van der Waals surface area contributed by atoms with Crippen LogP contribution in [0.1, 0.15) is 16.8 Å². The van der Waals surface area contributed by atoms with E-state index in [0.29, 0.717) is 23.9 Å². The highest BCUT2D eigenvalue weighted by molar-refractivity contribution is 5.84. The summed E-state index contributed by atoms with van der Waals surface area (Å²) in [7, 11) is 0. The predicted octanol–water partition coefficient (Wildman–Crippen LogP) is 3.25. The number of nitrogens with zero attached hydrogens (tertiary/aromatic N) is 3. The molecule has 2 aromatic carbocycles. The Hall–Kier alpha value is -3.61. The Bertz CT molecular complexity index is 913. The van der Waals surface area contributed by atoms with Gasteiger partial charge in [-0.3, -0.25) is 5.43 Å². The van der Waals surface area contributed by atoms with Crippen molar-refractivity contribution in [3.63, 3.8) is 0 Å². The van der Waals surface area contributed by atoms with Gasteiger partial charge in [-0.2, -0.15) is 10.1 Å². The monoisotopic (exact) mass is 349 g/mol. The highest BCUT2D eigenvalue weighted by atomic mass is 16.3. The number of phenolic OH excluding ortho intramolecular Hbond substituents is 2. The summed E-state index contributed by atoms with van der Waals surface area (Å²) in [6.45, 7) is 2.49. The second-order valence-corrected chi connectivity index (χ2v) is 5.67. The van der Waals surface area contributed by atoms with Gasteiger partial charge in [0.25, 0.3) is 0 Å². The van der Waals surface area contributed by atoms with Crippen LogP contribution in [0.15, 0.2) is 59.7 Å².